The minimum Gasteiger partial charge on any atom is -0.493 e. The number of nitrogens with one attached hydrogen (secondary N) is 3. The van der Waals surface area contributed by atoms with Crippen molar-refractivity contribution in [3.63, 3.8) is 0 Å². The molecular formula is C27H31FN7O6P. The van der Waals surface area contributed by atoms with Crippen LogP contribution in [-0.4, -0.2) is 73.1 Å². The number of hydrogen-bond donors (Lipinski definition) is 5. The number of aromatic amines is 1. The maximum atomic E-state index is 13.4. The molecule has 3 heterocycles. The van der Waals surface area contributed by atoms with Gasteiger partial charge in [0.1, 0.15) is 23.7 Å². The van der Waals surface area contributed by atoms with Gasteiger partial charge in [-0.05, 0) is 56.1 Å². The number of hydrogen-bond acceptors (Lipinski definition) is 9. The minimum atomic E-state index is -4.47. The molecule has 0 aliphatic carbocycles. The van der Waals surface area contributed by atoms with Crippen LogP contribution in [0.5, 0.6) is 5.75 Å². The normalized spacial score (nSPS) is 15.6. The number of fused-ring (bicyclic) bond motifs is 1. The standard InChI is InChI=1S/C27H31FN7O6P/c28-18-4-1-5-19(12-18)31-26(36)14-20-13-25(34-33-20)32-27-23-8-7-22(15-24(23)29-17-30-27)40-11-3-10-35-9-2-6-21(35)16-41-42(37,38)39/h1,4-5,7-8,12-13,15,17,21H,2-3,6,9-11,14,16H2,(H,31,36)(H2,37,38,39)(H2,29,30,32,33,34)/t21-/m1/s1. The Morgan fingerprint density at radius 3 is 2.90 bits per heavy atom. The summed E-state index contributed by atoms with van der Waals surface area (Å²) in [6, 6.07) is 12.9. The van der Waals surface area contributed by atoms with Crippen molar-refractivity contribution in [2.24, 2.45) is 0 Å². The lowest BCUT2D eigenvalue weighted by molar-refractivity contribution is -0.115. The summed E-state index contributed by atoms with van der Waals surface area (Å²) in [6.45, 7) is 2.07. The van der Waals surface area contributed by atoms with Crippen molar-refractivity contribution in [3.05, 3.63) is 66.4 Å². The Labute approximate surface area is 240 Å². The van der Waals surface area contributed by atoms with Gasteiger partial charge in [-0.3, -0.25) is 19.3 Å². The lowest BCUT2D eigenvalue weighted by atomic mass is 10.2. The van der Waals surface area contributed by atoms with Crippen molar-refractivity contribution in [1.29, 1.82) is 0 Å². The molecule has 5 rings (SSSR count). The zero-order chi connectivity index (χ0) is 29.5. The first-order chi connectivity index (χ1) is 20.2. The Kier molecular flexibility index (Phi) is 9.40. The smallest absolute Gasteiger partial charge is 0.469 e. The molecule has 2 aromatic heterocycles. The number of carbonyl (C=O) groups is 1. The number of halogens is 1. The molecule has 5 N–H and O–H groups in total. The minimum absolute atomic E-state index is 0.0103. The summed E-state index contributed by atoms with van der Waals surface area (Å²) in [5.41, 5.74) is 1.61. The highest BCUT2D eigenvalue weighted by Crippen LogP contribution is 2.37. The second-order valence-electron chi connectivity index (χ2n) is 9.86. The van der Waals surface area contributed by atoms with Gasteiger partial charge < -0.3 is 25.2 Å². The predicted molar refractivity (Wildman–Crippen MR) is 153 cm³/mol. The van der Waals surface area contributed by atoms with Gasteiger partial charge in [0.25, 0.3) is 0 Å². The zero-order valence-corrected chi connectivity index (χ0v) is 23.5. The highest BCUT2D eigenvalue weighted by molar-refractivity contribution is 7.46. The quantitative estimate of drug-likeness (QED) is 0.112. The average Bonchev–Trinajstić information content (AvgIpc) is 3.58. The Hall–Kier alpha value is -3.94. The molecule has 1 saturated heterocycles. The van der Waals surface area contributed by atoms with E-state index in [4.69, 9.17) is 19.0 Å². The molecule has 13 nitrogen and oxygen atoms in total. The van der Waals surface area contributed by atoms with E-state index in [9.17, 15) is 13.8 Å². The van der Waals surface area contributed by atoms with Crippen LogP contribution in [0.25, 0.3) is 10.9 Å². The van der Waals surface area contributed by atoms with Gasteiger partial charge in [-0.25, -0.2) is 18.9 Å². The van der Waals surface area contributed by atoms with E-state index in [1.807, 2.05) is 18.2 Å². The number of amides is 1. The summed E-state index contributed by atoms with van der Waals surface area (Å²) in [7, 11) is -4.47. The van der Waals surface area contributed by atoms with Gasteiger partial charge in [-0.1, -0.05) is 6.07 Å². The topological polar surface area (TPSA) is 175 Å². The molecule has 0 bridgehead atoms. The van der Waals surface area contributed by atoms with Gasteiger partial charge in [0.15, 0.2) is 5.82 Å². The maximum Gasteiger partial charge on any atom is 0.469 e. The molecular weight excluding hydrogens is 568 g/mol. The van der Waals surface area contributed by atoms with Crippen LogP contribution in [0.15, 0.2) is 54.9 Å². The van der Waals surface area contributed by atoms with Crippen molar-refractivity contribution in [2.75, 3.05) is 36.9 Å². The van der Waals surface area contributed by atoms with Gasteiger partial charge in [-0.2, -0.15) is 5.10 Å². The highest BCUT2D eigenvalue weighted by Gasteiger charge is 2.27. The monoisotopic (exact) mass is 599 g/mol. The number of benzene rings is 2. The van der Waals surface area contributed by atoms with E-state index in [-0.39, 0.29) is 25.0 Å². The molecule has 2 aromatic carbocycles. The zero-order valence-electron chi connectivity index (χ0n) is 22.6. The van der Waals surface area contributed by atoms with E-state index in [0.29, 0.717) is 40.9 Å². The van der Waals surface area contributed by atoms with Crippen LogP contribution in [0.3, 0.4) is 0 Å². The van der Waals surface area contributed by atoms with Gasteiger partial charge >= 0.3 is 7.82 Å². The number of likely N-dealkylation sites (tertiary alicyclic amines) is 1. The largest absolute Gasteiger partial charge is 0.493 e. The highest BCUT2D eigenvalue weighted by atomic mass is 31.2. The Bertz CT molecular complexity index is 1580. The van der Waals surface area contributed by atoms with Crippen LogP contribution in [0, 0.1) is 5.82 Å². The van der Waals surface area contributed by atoms with Crippen LogP contribution in [-0.2, 0) is 20.3 Å². The van der Waals surface area contributed by atoms with Crippen molar-refractivity contribution in [3.8, 4) is 5.75 Å². The fraction of sp³-hybridized carbons (Fsp3) is 0.333. The third kappa shape index (κ3) is 8.30. The van der Waals surface area contributed by atoms with E-state index >= 15 is 0 Å². The molecule has 0 unspecified atom stereocenters. The predicted octanol–water partition coefficient (Wildman–Crippen LogP) is 3.76. The summed E-state index contributed by atoms with van der Waals surface area (Å²) in [5.74, 6) is 0.909. The summed E-state index contributed by atoms with van der Waals surface area (Å²) < 4.78 is 35.0. The van der Waals surface area contributed by atoms with Crippen LogP contribution >= 0.6 is 7.82 Å². The molecule has 222 valence electrons. The fourth-order valence-electron chi connectivity index (χ4n) is 4.83. The Balaban J connectivity index is 1.12. The van der Waals surface area contributed by atoms with Crippen LogP contribution in [0.1, 0.15) is 25.0 Å². The van der Waals surface area contributed by atoms with E-state index in [0.717, 1.165) is 37.7 Å². The van der Waals surface area contributed by atoms with Gasteiger partial charge in [0, 0.05) is 41.5 Å². The van der Waals surface area contributed by atoms with E-state index in [1.54, 1.807) is 12.1 Å². The third-order valence-electron chi connectivity index (χ3n) is 6.74. The van der Waals surface area contributed by atoms with E-state index < -0.39 is 13.6 Å². The Morgan fingerprint density at radius 2 is 2.07 bits per heavy atom. The molecule has 1 aliphatic rings. The first kappa shape index (κ1) is 29.5. The third-order valence-corrected chi connectivity index (χ3v) is 7.22. The van der Waals surface area contributed by atoms with Crippen LogP contribution < -0.4 is 15.4 Å². The number of anilines is 3. The SMILES string of the molecule is O=C(Cc1cc(Nc2ncnc3cc(OCCCN4CCC[C@@H]4COP(=O)(O)O)ccc23)n[nH]1)Nc1cccc(F)c1. The molecule has 1 aliphatic heterocycles. The van der Waals surface area contributed by atoms with Gasteiger partial charge in [-0.15, -0.1) is 0 Å². The first-order valence-electron chi connectivity index (χ1n) is 13.4. The fourth-order valence-corrected chi connectivity index (χ4v) is 5.19. The molecule has 1 fully saturated rings. The molecule has 42 heavy (non-hydrogen) atoms. The molecule has 0 radical (unpaired) electrons. The van der Waals surface area contributed by atoms with Gasteiger partial charge in [0.2, 0.25) is 5.91 Å². The number of rotatable bonds is 13. The number of phosphoric acid groups is 1. The van der Waals surface area contributed by atoms with E-state index in [1.165, 1.54) is 24.5 Å². The molecule has 0 saturated carbocycles. The lowest BCUT2D eigenvalue weighted by Crippen LogP contribution is -2.34. The second-order valence-corrected chi connectivity index (χ2v) is 11.1. The maximum absolute atomic E-state index is 13.4. The Morgan fingerprint density at radius 1 is 1.19 bits per heavy atom. The molecule has 4 aromatic rings. The van der Waals surface area contributed by atoms with Crippen molar-refractivity contribution in [1.82, 2.24) is 25.1 Å². The number of carbonyl (C=O) groups excluding carboxylic acids is 1. The van der Waals surface area contributed by atoms with Crippen molar-refractivity contribution < 1.29 is 32.8 Å². The number of aromatic nitrogens is 4. The van der Waals surface area contributed by atoms with E-state index in [2.05, 4.69) is 35.7 Å². The number of phosphoric ester groups is 1. The first-order valence-corrected chi connectivity index (χ1v) is 14.9. The molecule has 1 atom stereocenters. The van der Waals surface area contributed by atoms with Gasteiger partial charge in [0.05, 0.1) is 25.2 Å². The van der Waals surface area contributed by atoms with Crippen molar-refractivity contribution >= 4 is 42.0 Å². The number of H-pyrrole nitrogens is 1. The van der Waals surface area contributed by atoms with Crippen molar-refractivity contribution in [2.45, 2.75) is 31.7 Å². The summed E-state index contributed by atoms with van der Waals surface area (Å²) in [4.78, 5) is 41.1. The molecule has 0 spiro atoms. The summed E-state index contributed by atoms with van der Waals surface area (Å²) in [5, 5.41) is 13.6. The second kappa shape index (κ2) is 13.4. The van der Waals surface area contributed by atoms with Crippen LogP contribution in [0.2, 0.25) is 0 Å². The molecule has 1 amide bonds. The summed E-state index contributed by atoms with van der Waals surface area (Å²) >= 11 is 0. The number of nitrogens with zero attached hydrogens (tertiary/aromatic N) is 4. The lowest BCUT2D eigenvalue weighted by Gasteiger charge is -2.24. The van der Waals surface area contributed by atoms with Crippen LogP contribution in [0.4, 0.5) is 21.7 Å². The summed E-state index contributed by atoms with van der Waals surface area (Å²) in [6.07, 6.45) is 4.00. The number of ether oxygens (including phenoxy) is 1. The average molecular weight is 600 g/mol. The molecule has 15 heteroatoms.